The molecule has 0 bridgehead atoms. The second-order valence-electron chi connectivity index (χ2n) is 5.26. The van der Waals surface area contributed by atoms with Crippen molar-refractivity contribution in [1.82, 2.24) is 15.1 Å². The Balaban J connectivity index is 2.12. The van der Waals surface area contributed by atoms with Crippen molar-refractivity contribution in [3.05, 3.63) is 47.7 Å². The van der Waals surface area contributed by atoms with Crippen LogP contribution in [0, 0.1) is 6.92 Å². The number of nitrogens with one attached hydrogen (secondary N) is 1. The number of ether oxygens (including phenoxy) is 1. The summed E-state index contributed by atoms with van der Waals surface area (Å²) in [6.07, 6.45) is 1.75. The topological polar surface area (TPSA) is 50.3 Å². The molecule has 0 fully saturated rings. The largest absolute Gasteiger partial charge is 0.497 e. The quantitative estimate of drug-likeness (QED) is 0.884. The Hall–Kier alpha value is -2.14. The normalized spacial score (nSPS) is 12.2. The second kappa shape index (κ2) is 7.04. The highest BCUT2D eigenvalue weighted by Crippen LogP contribution is 2.23. The molecule has 112 valence electrons. The number of likely N-dealkylation sites (N-methyl/N-ethyl adjacent to an activating group) is 1. The molecule has 5 heteroatoms. The number of benzene rings is 1. The SMILES string of the molecule is COc1cccc(C(CNc2cc(C)cnn2)N(C)C)c1. The van der Waals surface area contributed by atoms with E-state index in [9.17, 15) is 0 Å². The molecular weight excluding hydrogens is 264 g/mol. The van der Waals surface area contributed by atoms with Crippen LogP contribution in [0.25, 0.3) is 0 Å². The summed E-state index contributed by atoms with van der Waals surface area (Å²) in [6, 6.07) is 10.4. The van der Waals surface area contributed by atoms with Gasteiger partial charge in [-0.15, -0.1) is 5.10 Å². The standard InChI is InChI=1S/C16H22N4O/c1-12-8-16(19-18-10-12)17-11-15(20(2)3)13-6-5-7-14(9-13)21-4/h5-10,15H,11H2,1-4H3,(H,17,19). The maximum absolute atomic E-state index is 5.30. The minimum absolute atomic E-state index is 0.224. The molecule has 5 nitrogen and oxygen atoms in total. The molecule has 2 aromatic rings. The number of rotatable bonds is 6. The van der Waals surface area contributed by atoms with Crippen LogP contribution < -0.4 is 10.1 Å². The predicted molar refractivity (Wildman–Crippen MR) is 84.7 cm³/mol. The zero-order chi connectivity index (χ0) is 15.2. The molecule has 0 aliphatic rings. The van der Waals surface area contributed by atoms with E-state index < -0.39 is 0 Å². The van der Waals surface area contributed by atoms with Crippen molar-refractivity contribution in [3.8, 4) is 5.75 Å². The highest BCUT2D eigenvalue weighted by molar-refractivity contribution is 5.37. The molecule has 0 saturated heterocycles. The third-order valence-corrected chi connectivity index (χ3v) is 3.37. The van der Waals surface area contributed by atoms with Crippen LogP contribution in [0.3, 0.4) is 0 Å². The molecule has 1 aromatic heterocycles. The van der Waals surface area contributed by atoms with Crippen LogP contribution >= 0.6 is 0 Å². The minimum atomic E-state index is 0.224. The summed E-state index contributed by atoms with van der Waals surface area (Å²) in [7, 11) is 5.81. The average molecular weight is 286 g/mol. The van der Waals surface area contributed by atoms with E-state index in [0.29, 0.717) is 0 Å². The Kier molecular flexibility index (Phi) is 5.11. The van der Waals surface area contributed by atoms with E-state index in [2.05, 4.69) is 46.6 Å². The summed E-state index contributed by atoms with van der Waals surface area (Å²) in [5, 5.41) is 11.4. The molecule has 0 radical (unpaired) electrons. The summed E-state index contributed by atoms with van der Waals surface area (Å²) in [6.45, 7) is 2.75. The van der Waals surface area contributed by atoms with E-state index >= 15 is 0 Å². The molecule has 1 N–H and O–H groups in total. The monoisotopic (exact) mass is 286 g/mol. The Morgan fingerprint density at radius 2 is 2.10 bits per heavy atom. The van der Waals surface area contributed by atoms with Crippen molar-refractivity contribution in [2.24, 2.45) is 0 Å². The molecule has 21 heavy (non-hydrogen) atoms. The molecule has 1 unspecified atom stereocenters. The number of nitrogens with zero attached hydrogens (tertiary/aromatic N) is 3. The van der Waals surface area contributed by atoms with Gasteiger partial charge in [-0.25, -0.2) is 0 Å². The highest BCUT2D eigenvalue weighted by atomic mass is 16.5. The molecule has 0 spiro atoms. The first kappa shape index (κ1) is 15.3. The highest BCUT2D eigenvalue weighted by Gasteiger charge is 2.15. The molecule has 2 rings (SSSR count). The minimum Gasteiger partial charge on any atom is -0.497 e. The summed E-state index contributed by atoms with van der Waals surface area (Å²) >= 11 is 0. The molecule has 0 aliphatic heterocycles. The van der Waals surface area contributed by atoms with Gasteiger partial charge >= 0.3 is 0 Å². The van der Waals surface area contributed by atoms with Crippen molar-refractivity contribution in [1.29, 1.82) is 0 Å². The Labute approximate surface area is 126 Å². The molecule has 1 aromatic carbocycles. The third kappa shape index (κ3) is 4.16. The zero-order valence-corrected chi connectivity index (χ0v) is 13.0. The molecule has 0 amide bonds. The Bertz CT molecular complexity index is 586. The first-order chi connectivity index (χ1) is 10.1. The Morgan fingerprint density at radius 3 is 2.76 bits per heavy atom. The van der Waals surface area contributed by atoms with Crippen LogP contribution in [-0.4, -0.2) is 42.8 Å². The number of aryl methyl sites for hydroxylation is 1. The van der Waals surface area contributed by atoms with E-state index in [1.54, 1.807) is 13.3 Å². The lowest BCUT2D eigenvalue weighted by Crippen LogP contribution is -2.27. The number of hydrogen-bond acceptors (Lipinski definition) is 5. The molecular formula is C16H22N4O. The summed E-state index contributed by atoms with van der Waals surface area (Å²) in [4.78, 5) is 2.17. The number of aromatic nitrogens is 2. The van der Waals surface area contributed by atoms with Gasteiger partial charge in [-0.3, -0.25) is 0 Å². The van der Waals surface area contributed by atoms with Crippen molar-refractivity contribution in [2.45, 2.75) is 13.0 Å². The maximum Gasteiger partial charge on any atom is 0.148 e. The number of hydrogen-bond donors (Lipinski definition) is 1. The molecule has 0 aliphatic carbocycles. The van der Waals surface area contributed by atoms with E-state index in [0.717, 1.165) is 23.7 Å². The van der Waals surface area contributed by atoms with Gasteiger partial charge in [-0.1, -0.05) is 12.1 Å². The lowest BCUT2D eigenvalue weighted by molar-refractivity contribution is 0.310. The van der Waals surface area contributed by atoms with Crippen molar-refractivity contribution in [3.63, 3.8) is 0 Å². The average Bonchev–Trinajstić information content (AvgIpc) is 2.47. The van der Waals surface area contributed by atoms with Gasteiger partial charge in [0.15, 0.2) is 0 Å². The second-order valence-corrected chi connectivity index (χ2v) is 5.26. The summed E-state index contributed by atoms with van der Waals surface area (Å²) in [5.41, 5.74) is 2.29. The molecule has 1 heterocycles. The van der Waals surface area contributed by atoms with Gasteiger partial charge < -0.3 is 15.0 Å². The van der Waals surface area contributed by atoms with Crippen molar-refractivity contribution < 1.29 is 4.74 Å². The van der Waals surface area contributed by atoms with Crippen LogP contribution in [0.4, 0.5) is 5.82 Å². The molecule has 0 saturated carbocycles. The number of anilines is 1. The number of methoxy groups -OCH3 is 1. The zero-order valence-electron chi connectivity index (χ0n) is 13.0. The Morgan fingerprint density at radius 1 is 1.29 bits per heavy atom. The van der Waals surface area contributed by atoms with Gasteiger partial charge in [0.05, 0.1) is 19.3 Å². The predicted octanol–water partition coefficient (Wildman–Crippen LogP) is 2.51. The van der Waals surface area contributed by atoms with Crippen LogP contribution in [-0.2, 0) is 0 Å². The molecule has 1 atom stereocenters. The fourth-order valence-electron chi connectivity index (χ4n) is 2.20. The smallest absolute Gasteiger partial charge is 0.148 e. The van der Waals surface area contributed by atoms with Gasteiger partial charge in [0.2, 0.25) is 0 Å². The fraction of sp³-hybridized carbons (Fsp3) is 0.375. The first-order valence-corrected chi connectivity index (χ1v) is 6.93. The van der Waals surface area contributed by atoms with Crippen molar-refractivity contribution in [2.75, 3.05) is 33.1 Å². The van der Waals surface area contributed by atoms with E-state index in [1.165, 1.54) is 5.56 Å². The first-order valence-electron chi connectivity index (χ1n) is 6.93. The lowest BCUT2D eigenvalue weighted by Gasteiger charge is -2.25. The van der Waals surface area contributed by atoms with Crippen LogP contribution in [0.2, 0.25) is 0 Å². The van der Waals surface area contributed by atoms with E-state index in [4.69, 9.17) is 4.74 Å². The lowest BCUT2D eigenvalue weighted by atomic mass is 10.1. The van der Waals surface area contributed by atoms with Gasteiger partial charge in [0, 0.05) is 6.54 Å². The van der Waals surface area contributed by atoms with Crippen LogP contribution in [0.5, 0.6) is 5.75 Å². The maximum atomic E-state index is 5.30. The van der Waals surface area contributed by atoms with Gasteiger partial charge in [0.25, 0.3) is 0 Å². The summed E-state index contributed by atoms with van der Waals surface area (Å²) < 4.78 is 5.30. The van der Waals surface area contributed by atoms with E-state index in [-0.39, 0.29) is 6.04 Å². The van der Waals surface area contributed by atoms with E-state index in [1.807, 2.05) is 25.1 Å². The van der Waals surface area contributed by atoms with Gasteiger partial charge in [-0.2, -0.15) is 5.10 Å². The van der Waals surface area contributed by atoms with Gasteiger partial charge in [-0.05, 0) is 50.3 Å². The van der Waals surface area contributed by atoms with Gasteiger partial charge in [0.1, 0.15) is 11.6 Å². The third-order valence-electron chi connectivity index (χ3n) is 3.37. The summed E-state index contributed by atoms with van der Waals surface area (Å²) in [5.74, 6) is 1.67. The van der Waals surface area contributed by atoms with Crippen LogP contribution in [0.15, 0.2) is 36.5 Å². The fourth-order valence-corrected chi connectivity index (χ4v) is 2.20. The van der Waals surface area contributed by atoms with Crippen LogP contribution in [0.1, 0.15) is 17.2 Å². The van der Waals surface area contributed by atoms with Crippen molar-refractivity contribution >= 4 is 5.82 Å².